The maximum atomic E-state index is 15.0. The standard InChI is InChI=1S/C24H26F4N2.C8H16FN/c1-5-15-6-7-16-17-10-14(3)30(12-24(4,27)28)23(22(17)29-20(16)11-15)21-18(25)8-13(2)9-19(21)26;1-8-3-6-10(7-8)5-2-4-9/h5,8-9,11,14,23,29H,1,6-7,10,12H2,2-4H3;8H,2-7H2,1H3/t14-,23?;/m1./s1. The maximum absolute atomic E-state index is 15.0. The number of hydrogen-bond donors (Lipinski definition) is 1. The second-order valence-corrected chi connectivity index (χ2v) is 11.9. The Morgan fingerprint density at radius 2 is 1.82 bits per heavy atom. The number of H-pyrrole nitrogens is 1. The van der Waals surface area contributed by atoms with Crippen molar-refractivity contribution in [3.8, 4) is 0 Å². The molecule has 3 heterocycles. The molecule has 0 amide bonds. The van der Waals surface area contributed by atoms with E-state index >= 15 is 8.78 Å². The first-order valence-corrected chi connectivity index (χ1v) is 14.4. The number of alkyl halides is 3. The third kappa shape index (κ3) is 6.88. The molecule has 220 valence electrons. The molecule has 1 N–H and O–H groups in total. The van der Waals surface area contributed by atoms with E-state index in [1.165, 1.54) is 36.5 Å². The average Bonchev–Trinajstić information content (AvgIpc) is 3.45. The van der Waals surface area contributed by atoms with Crippen LogP contribution in [0.25, 0.3) is 6.08 Å². The second kappa shape index (κ2) is 12.6. The summed E-state index contributed by atoms with van der Waals surface area (Å²) in [5.74, 6) is -3.59. The van der Waals surface area contributed by atoms with E-state index in [0.29, 0.717) is 24.1 Å². The summed E-state index contributed by atoms with van der Waals surface area (Å²) in [6, 6.07) is 1.29. The summed E-state index contributed by atoms with van der Waals surface area (Å²) >= 11 is 0. The Balaban J connectivity index is 0.000000312. The van der Waals surface area contributed by atoms with Crippen molar-refractivity contribution in [2.75, 3.05) is 32.9 Å². The molecule has 1 saturated heterocycles. The van der Waals surface area contributed by atoms with Crippen LogP contribution in [0.2, 0.25) is 0 Å². The molecule has 1 aliphatic carbocycles. The van der Waals surface area contributed by atoms with Gasteiger partial charge in [0.15, 0.2) is 0 Å². The lowest BCUT2D eigenvalue weighted by Gasteiger charge is -2.42. The van der Waals surface area contributed by atoms with Crippen LogP contribution in [0.3, 0.4) is 0 Å². The highest BCUT2D eigenvalue weighted by atomic mass is 19.3. The molecule has 2 aliphatic heterocycles. The predicted molar refractivity (Wildman–Crippen MR) is 152 cm³/mol. The molecule has 2 aromatic rings. The third-order valence-corrected chi connectivity index (χ3v) is 8.28. The summed E-state index contributed by atoms with van der Waals surface area (Å²) in [5.41, 5.74) is 4.97. The quantitative estimate of drug-likeness (QED) is 0.348. The fourth-order valence-electron chi connectivity index (χ4n) is 6.38. The van der Waals surface area contributed by atoms with E-state index in [1.54, 1.807) is 13.0 Å². The molecule has 40 heavy (non-hydrogen) atoms. The lowest BCUT2D eigenvalue weighted by atomic mass is 9.85. The Morgan fingerprint density at radius 1 is 1.12 bits per heavy atom. The summed E-state index contributed by atoms with van der Waals surface area (Å²) in [6.45, 7) is 13.0. The molecule has 2 unspecified atom stereocenters. The number of hydrogen-bond acceptors (Lipinski definition) is 2. The lowest BCUT2D eigenvalue weighted by Crippen LogP contribution is -2.48. The van der Waals surface area contributed by atoms with Crippen molar-refractivity contribution in [3.63, 3.8) is 0 Å². The van der Waals surface area contributed by atoms with Crippen LogP contribution in [0, 0.1) is 24.5 Å². The summed E-state index contributed by atoms with van der Waals surface area (Å²) < 4.78 is 69.9. The maximum Gasteiger partial charge on any atom is 0.257 e. The van der Waals surface area contributed by atoms with Crippen molar-refractivity contribution in [1.82, 2.24) is 14.8 Å². The monoisotopic (exact) mass is 563 g/mol. The first-order chi connectivity index (χ1) is 18.9. The van der Waals surface area contributed by atoms with Gasteiger partial charge in [-0.2, -0.15) is 0 Å². The summed E-state index contributed by atoms with van der Waals surface area (Å²) in [6.07, 6.45) is 7.99. The van der Waals surface area contributed by atoms with E-state index < -0.39 is 30.1 Å². The van der Waals surface area contributed by atoms with Gasteiger partial charge in [-0.15, -0.1) is 0 Å². The van der Waals surface area contributed by atoms with Gasteiger partial charge in [0.25, 0.3) is 5.92 Å². The molecule has 3 atom stereocenters. The number of aromatic amines is 1. The van der Waals surface area contributed by atoms with Crippen LogP contribution in [-0.2, 0) is 12.8 Å². The van der Waals surface area contributed by atoms with E-state index in [9.17, 15) is 13.2 Å². The minimum atomic E-state index is -3.00. The summed E-state index contributed by atoms with van der Waals surface area (Å²) in [5, 5.41) is 0. The van der Waals surface area contributed by atoms with Gasteiger partial charge in [-0.05, 0) is 98.9 Å². The SMILES string of the molecule is C=CC1=Cc2[nH]c3c(c2CC1)C[C@@H](C)N(CC(C)(F)F)C3c1c(F)cc(C)cc1F.CC1CCN(CCCF)C1. The fraction of sp³-hybridized carbons (Fsp3) is 0.562. The second-order valence-electron chi connectivity index (χ2n) is 11.9. The fourth-order valence-corrected chi connectivity index (χ4v) is 6.38. The lowest BCUT2D eigenvalue weighted by molar-refractivity contribution is -0.0375. The molecule has 5 rings (SSSR count). The van der Waals surface area contributed by atoms with E-state index in [0.717, 1.165) is 54.6 Å². The number of fused-ring (bicyclic) bond motifs is 3. The van der Waals surface area contributed by atoms with Crippen LogP contribution >= 0.6 is 0 Å². The number of aromatic nitrogens is 1. The molecule has 1 aromatic carbocycles. The number of allylic oxidation sites excluding steroid dienone is 2. The van der Waals surface area contributed by atoms with E-state index in [2.05, 4.69) is 23.4 Å². The molecule has 0 spiro atoms. The van der Waals surface area contributed by atoms with Gasteiger partial charge in [-0.1, -0.05) is 19.6 Å². The van der Waals surface area contributed by atoms with Crippen LogP contribution in [0.15, 0.2) is 30.4 Å². The van der Waals surface area contributed by atoms with Crippen LogP contribution in [0.5, 0.6) is 0 Å². The van der Waals surface area contributed by atoms with Crippen molar-refractivity contribution in [1.29, 1.82) is 0 Å². The Bertz CT molecular complexity index is 1200. The zero-order chi connectivity index (χ0) is 29.2. The molecule has 3 aliphatic rings. The van der Waals surface area contributed by atoms with Crippen LogP contribution in [-0.4, -0.2) is 59.6 Å². The summed E-state index contributed by atoms with van der Waals surface area (Å²) in [7, 11) is 0. The summed E-state index contributed by atoms with van der Waals surface area (Å²) in [4.78, 5) is 7.21. The predicted octanol–water partition coefficient (Wildman–Crippen LogP) is 7.80. The number of nitrogens with one attached hydrogen (secondary N) is 1. The number of nitrogens with zero attached hydrogens (tertiary/aromatic N) is 2. The van der Waals surface area contributed by atoms with Gasteiger partial charge in [-0.3, -0.25) is 9.29 Å². The van der Waals surface area contributed by atoms with Crippen molar-refractivity contribution in [2.24, 2.45) is 5.92 Å². The van der Waals surface area contributed by atoms with E-state index in [4.69, 9.17) is 0 Å². The Labute approximate surface area is 235 Å². The first-order valence-electron chi connectivity index (χ1n) is 14.4. The van der Waals surface area contributed by atoms with Crippen LogP contribution in [0.4, 0.5) is 22.0 Å². The molecular weight excluding hydrogens is 521 g/mol. The van der Waals surface area contributed by atoms with Gasteiger partial charge in [0, 0.05) is 43.0 Å². The highest BCUT2D eigenvalue weighted by Crippen LogP contribution is 2.44. The number of aryl methyl sites for hydroxylation is 1. The van der Waals surface area contributed by atoms with Gasteiger partial charge in [0.05, 0.1) is 19.3 Å². The zero-order valence-corrected chi connectivity index (χ0v) is 24.1. The van der Waals surface area contributed by atoms with Gasteiger partial charge in [-0.25, -0.2) is 17.6 Å². The largest absolute Gasteiger partial charge is 0.357 e. The highest BCUT2D eigenvalue weighted by Gasteiger charge is 2.42. The van der Waals surface area contributed by atoms with Gasteiger partial charge < -0.3 is 9.88 Å². The Kier molecular flexibility index (Phi) is 9.61. The zero-order valence-electron chi connectivity index (χ0n) is 24.1. The molecule has 1 fully saturated rings. The van der Waals surface area contributed by atoms with Gasteiger partial charge in [0.2, 0.25) is 0 Å². The van der Waals surface area contributed by atoms with Crippen LogP contribution < -0.4 is 0 Å². The van der Waals surface area contributed by atoms with Crippen molar-refractivity contribution < 1.29 is 22.0 Å². The first kappa shape index (κ1) is 30.5. The average molecular weight is 564 g/mol. The molecule has 0 saturated carbocycles. The Hall–Kier alpha value is -2.45. The molecule has 8 heteroatoms. The normalized spacial score (nSPS) is 23.2. The van der Waals surface area contributed by atoms with Crippen LogP contribution in [0.1, 0.15) is 79.7 Å². The topological polar surface area (TPSA) is 22.3 Å². The van der Waals surface area contributed by atoms with E-state index in [1.807, 2.05) is 13.0 Å². The number of likely N-dealkylation sites (tertiary alicyclic amines) is 1. The van der Waals surface area contributed by atoms with Crippen molar-refractivity contribution in [2.45, 2.75) is 77.8 Å². The Morgan fingerprint density at radius 3 is 2.40 bits per heavy atom. The van der Waals surface area contributed by atoms with Crippen molar-refractivity contribution >= 4 is 6.08 Å². The van der Waals surface area contributed by atoms with Gasteiger partial charge in [0.1, 0.15) is 11.6 Å². The number of rotatable bonds is 7. The van der Waals surface area contributed by atoms with Crippen molar-refractivity contribution in [3.05, 3.63) is 75.6 Å². The van der Waals surface area contributed by atoms with Gasteiger partial charge >= 0.3 is 0 Å². The molecule has 3 nitrogen and oxygen atoms in total. The van der Waals surface area contributed by atoms with E-state index in [-0.39, 0.29) is 18.3 Å². The third-order valence-electron chi connectivity index (χ3n) is 8.28. The minimum Gasteiger partial charge on any atom is -0.357 e. The smallest absolute Gasteiger partial charge is 0.257 e. The number of benzene rings is 1. The molecular formula is C32H42F5N3. The molecule has 1 aromatic heterocycles. The molecule has 0 bridgehead atoms. The highest BCUT2D eigenvalue weighted by molar-refractivity contribution is 5.63. The molecule has 0 radical (unpaired) electrons. The number of halogens is 5. The minimum absolute atomic E-state index is 0.162.